The maximum absolute atomic E-state index is 6.05. The van der Waals surface area contributed by atoms with Crippen molar-refractivity contribution in [2.75, 3.05) is 13.7 Å². The van der Waals surface area contributed by atoms with E-state index >= 15 is 0 Å². The van der Waals surface area contributed by atoms with Crippen molar-refractivity contribution in [2.45, 2.75) is 46.1 Å². The zero-order chi connectivity index (χ0) is 15.2. The molecular weight excluding hydrogens is 270 g/mol. The fourth-order valence-corrected chi connectivity index (χ4v) is 2.22. The van der Waals surface area contributed by atoms with Crippen molar-refractivity contribution in [3.63, 3.8) is 0 Å². The van der Waals surface area contributed by atoms with Gasteiger partial charge in [0.2, 0.25) is 0 Å². The summed E-state index contributed by atoms with van der Waals surface area (Å²) < 4.78 is 5.37. The lowest BCUT2D eigenvalue weighted by molar-refractivity contribution is 0.410. The molecule has 1 aromatic rings. The molecule has 0 aliphatic heterocycles. The van der Waals surface area contributed by atoms with Crippen LogP contribution in [0.2, 0.25) is 5.02 Å². The summed E-state index contributed by atoms with van der Waals surface area (Å²) in [6, 6.07) is 5.76. The highest BCUT2D eigenvalue weighted by Gasteiger charge is 2.07. The normalized spacial score (nSPS) is 12.6. The fraction of sp³-hybridized carbons (Fsp3) is 0.529. The second-order valence-corrected chi connectivity index (χ2v) is 6.59. The zero-order valence-electron chi connectivity index (χ0n) is 13.2. The van der Waals surface area contributed by atoms with Gasteiger partial charge in [0.1, 0.15) is 5.75 Å². The summed E-state index contributed by atoms with van der Waals surface area (Å²) in [4.78, 5) is 0. The van der Waals surface area contributed by atoms with E-state index in [9.17, 15) is 0 Å². The van der Waals surface area contributed by atoms with Crippen LogP contribution < -0.4 is 10.1 Å². The minimum absolute atomic E-state index is 0.178. The van der Waals surface area contributed by atoms with Crippen molar-refractivity contribution in [3.8, 4) is 5.75 Å². The van der Waals surface area contributed by atoms with E-state index in [1.807, 2.05) is 18.2 Å². The Labute approximate surface area is 128 Å². The molecule has 3 heteroatoms. The number of allylic oxidation sites excluding steroid dienone is 1. The third kappa shape index (κ3) is 6.44. The van der Waals surface area contributed by atoms with Crippen molar-refractivity contribution in [2.24, 2.45) is 0 Å². The molecule has 0 amide bonds. The van der Waals surface area contributed by atoms with Crippen LogP contribution in [0.4, 0.5) is 0 Å². The maximum Gasteiger partial charge on any atom is 0.122 e. The van der Waals surface area contributed by atoms with Gasteiger partial charge in [0, 0.05) is 10.6 Å². The smallest absolute Gasteiger partial charge is 0.122 e. The molecule has 0 saturated heterocycles. The van der Waals surface area contributed by atoms with Gasteiger partial charge in [-0.3, -0.25) is 0 Å². The molecule has 1 aromatic carbocycles. The molecule has 0 aliphatic carbocycles. The van der Waals surface area contributed by atoms with Crippen LogP contribution in [0.1, 0.15) is 39.7 Å². The molecular formula is C17H26ClNO. The molecule has 0 radical (unpaired) electrons. The quantitative estimate of drug-likeness (QED) is 0.611. The summed E-state index contributed by atoms with van der Waals surface area (Å²) in [5.74, 6) is 0.898. The molecule has 1 N–H and O–H groups in total. The Hall–Kier alpha value is -0.990. The Bertz CT molecular complexity index is 461. The molecule has 112 valence electrons. The number of halogens is 1. The summed E-state index contributed by atoms with van der Waals surface area (Å²) in [6.07, 6.45) is 4.18. The van der Waals surface area contributed by atoms with E-state index in [1.165, 1.54) is 5.57 Å². The van der Waals surface area contributed by atoms with Crippen LogP contribution in [0.15, 0.2) is 29.8 Å². The van der Waals surface area contributed by atoms with Gasteiger partial charge in [0.15, 0.2) is 0 Å². The molecule has 0 unspecified atom stereocenters. The largest absolute Gasteiger partial charge is 0.496 e. The summed E-state index contributed by atoms with van der Waals surface area (Å²) >= 11 is 6.05. The molecule has 0 saturated carbocycles. The van der Waals surface area contributed by atoms with Gasteiger partial charge in [-0.15, -0.1) is 0 Å². The molecule has 2 nitrogen and oxygen atoms in total. The third-order valence-electron chi connectivity index (χ3n) is 3.00. The average molecular weight is 296 g/mol. The molecule has 0 aliphatic rings. The van der Waals surface area contributed by atoms with Gasteiger partial charge in [0.25, 0.3) is 0 Å². The molecule has 0 aromatic heterocycles. The topological polar surface area (TPSA) is 21.3 Å². The minimum Gasteiger partial charge on any atom is -0.496 e. The summed E-state index contributed by atoms with van der Waals surface area (Å²) in [5, 5.41) is 4.24. The zero-order valence-corrected chi connectivity index (χ0v) is 14.0. The van der Waals surface area contributed by atoms with E-state index in [-0.39, 0.29) is 5.54 Å². The summed E-state index contributed by atoms with van der Waals surface area (Å²) in [6.45, 7) is 9.69. The predicted molar refractivity (Wildman–Crippen MR) is 87.8 cm³/mol. The molecule has 0 heterocycles. The number of hydrogen-bond donors (Lipinski definition) is 1. The van der Waals surface area contributed by atoms with Crippen molar-refractivity contribution < 1.29 is 4.74 Å². The first kappa shape index (κ1) is 17.1. The van der Waals surface area contributed by atoms with Gasteiger partial charge >= 0.3 is 0 Å². The number of nitrogens with one attached hydrogen (secondary N) is 1. The Balaban J connectivity index is 2.57. The summed E-state index contributed by atoms with van der Waals surface area (Å²) in [5.41, 5.74) is 2.65. The van der Waals surface area contributed by atoms with Gasteiger partial charge in [-0.05, 0) is 70.8 Å². The standard InChI is InChI=1S/C17H26ClNO/c1-13(7-6-10-19-17(2,3)4)11-14-12-15(18)8-9-16(14)20-5/h7-9,12,19H,6,10-11H2,1-5H3. The molecule has 0 fully saturated rings. The summed E-state index contributed by atoms with van der Waals surface area (Å²) in [7, 11) is 1.69. The number of ether oxygens (including phenoxy) is 1. The van der Waals surface area contributed by atoms with Crippen LogP contribution in [-0.4, -0.2) is 19.2 Å². The molecule has 0 spiro atoms. The number of methoxy groups -OCH3 is 1. The Morgan fingerprint density at radius 1 is 1.35 bits per heavy atom. The maximum atomic E-state index is 6.05. The Morgan fingerprint density at radius 2 is 2.05 bits per heavy atom. The first-order valence-electron chi connectivity index (χ1n) is 7.05. The minimum atomic E-state index is 0.178. The van der Waals surface area contributed by atoms with Crippen LogP contribution in [-0.2, 0) is 6.42 Å². The Kier molecular flexibility index (Phi) is 6.57. The van der Waals surface area contributed by atoms with Crippen LogP contribution >= 0.6 is 11.6 Å². The van der Waals surface area contributed by atoms with Gasteiger partial charge < -0.3 is 10.1 Å². The number of benzene rings is 1. The lowest BCUT2D eigenvalue weighted by Crippen LogP contribution is -2.36. The van der Waals surface area contributed by atoms with Gasteiger partial charge in [-0.2, -0.15) is 0 Å². The highest BCUT2D eigenvalue weighted by molar-refractivity contribution is 6.30. The lowest BCUT2D eigenvalue weighted by Gasteiger charge is -2.19. The van der Waals surface area contributed by atoms with Crippen LogP contribution in [0, 0.1) is 0 Å². The van der Waals surface area contributed by atoms with E-state index in [1.54, 1.807) is 7.11 Å². The monoisotopic (exact) mass is 295 g/mol. The van der Waals surface area contributed by atoms with E-state index in [2.05, 4.69) is 39.1 Å². The van der Waals surface area contributed by atoms with Crippen LogP contribution in [0.25, 0.3) is 0 Å². The van der Waals surface area contributed by atoms with E-state index < -0.39 is 0 Å². The highest BCUT2D eigenvalue weighted by Crippen LogP contribution is 2.25. The first-order chi connectivity index (χ1) is 9.31. The highest BCUT2D eigenvalue weighted by atomic mass is 35.5. The van der Waals surface area contributed by atoms with Crippen LogP contribution in [0.3, 0.4) is 0 Å². The van der Waals surface area contributed by atoms with Crippen molar-refractivity contribution in [3.05, 3.63) is 40.4 Å². The number of rotatable bonds is 6. The van der Waals surface area contributed by atoms with E-state index in [0.717, 1.165) is 35.7 Å². The van der Waals surface area contributed by atoms with E-state index in [4.69, 9.17) is 16.3 Å². The average Bonchev–Trinajstić information content (AvgIpc) is 2.34. The lowest BCUT2D eigenvalue weighted by atomic mass is 10.0. The molecule has 1 rings (SSSR count). The van der Waals surface area contributed by atoms with Crippen LogP contribution in [0.5, 0.6) is 5.75 Å². The van der Waals surface area contributed by atoms with Crippen molar-refractivity contribution in [1.29, 1.82) is 0 Å². The second kappa shape index (κ2) is 7.70. The Morgan fingerprint density at radius 3 is 2.65 bits per heavy atom. The molecule has 0 bridgehead atoms. The molecule has 0 atom stereocenters. The molecule has 20 heavy (non-hydrogen) atoms. The second-order valence-electron chi connectivity index (χ2n) is 6.15. The SMILES string of the molecule is COc1ccc(Cl)cc1CC(C)=CCCNC(C)(C)C. The first-order valence-corrected chi connectivity index (χ1v) is 7.42. The van der Waals surface area contributed by atoms with Crippen molar-refractivity contribution in [1.82, 2.24) is 5.32 Å². The van der Waals surface area contributed by atoms with Crippen molar-refractivity contribution >= 4 is 11.6 Å². The fourth-order valence-electron chi connectivity index (χ4n) is 2.02. The van der Waals surface area contributed by atoms with Gasteiger partial charge in [-0.1, -0.05) is 23.3 Å². The third-order valence-corrected chi connectivity index (χ3v) is 3.24. The van der Waals surface area contributed by atoms with Gasteiger partial charge in [-0.25, -0.2) is 0 Å². The van der Waals surface area contributed by atoms with E-state index in [0.29, 0.717) is 0 Å². The predicted octanol–water partition coefficient (Wildman–Crippen LogP) is 4.62. The van der Waals surface area contributed by atoms with Gasteiger partial charge in [0.05, 0.1) is 7.11 Å². The number of hydrogen-bond acceptors (Lipinski definition) is 2.